The van der Waals surface area contributed by atoms with Crippen LogP contribution in [0.5, 0.6) is 0 Å². The zero-order valence-electron chi connectivity index (χ0n) is 15.7. The summed E-state index contributed by atoms with van der Waals surface area (Å²) in [6.07, 6.45) is 14.3. The molecule has 3 heteroatoms. The zero-order chi connectivity index (χ0) is 18.7. The highest BCUT2D eigenvalue weighted by molar-refractivity contribution is 6.01. The lowest BCUT2D eigenvalue weighted by molar-refractivity contribution is -0.137. The van der Waals surface area contributed by atoms with Gasteiger partial charge in [0.05, 0.1) is 0 Å². The van der Waals surface area contributed by atoms with Gasteiger partial charge in [0.2, 0.25) is 0 Å². The summed E-state index contributed by atoms with van der Waals surface area (Å²) >= 11 is 0. The zero-order valence-corrected chi connectivity index (χ0v) is 15.7. The van der Waals surface area contributed by atoms with Crippen LogP contribution in [0.3, 0.4) is 0 Å². The van der Waals surface area contributed by atoms with Crippen molar-refractivity contribution >= 4 is 11.8 Å². The van der Waals surface area contributed by atoms with Crippen LogP contribution >= 0.6 is 0 Å². The minimum absolute atomic E-state index is 0.0604. The lowest BCUT2D eigenvalue weighted by atomic mass is 9.49. The molecular formula is C23H28O3. The van der Waals surface area contributed by atoms with Crippen LogP contribution in [0.15, 0.2) is 48.1 Å². The van der Waals surface area contributed by atoms with E-state index in [1.54, 1.807) is 12.2 Å². The molecule has 4 aliphatic carbocycles. The number of aliphatic carboxylic acids is 1. The Labute approximate surface area is 155 Å². The van der Waals surface area contributed by atoms with Crippen molar-refractivity contribution in [1.29, 1.82) is 0 Å². The summed E-state index contributed by atoms with van der Waals surface area (Å²) in [7, 11) is 0. The quantitative estimate of drug-likeness (QED) is 0.748. The van der Waals surface area contributed by atoms with E-state index in [1.165, 1.54) is 5.57 Å². The molecule has 0 aromatic rings. The van der Waals surface area contributed by atoms with Gasteiger partial charge >= 0.3 is 5.97 Å². The fourth-order valence-corrected chi connectivity index (χ4v) is 6.52. The standard InChI is InChI=1S/C23H28O3/c1-14-12-20-17-5-4-15-13-16(24)8-10-22(15,2)19(17)9-11-23(20,3)18(14)6-7-21(25)26/h4-5,8,10,13,17-20H,1,6-7,9,11-12H2,2-3H3,(H,25,26)/t17-,18+,19+,20+,22+,23-/m1/s1. The Kier molecular flexibility index (Phi) is 3.91. The van der Waals surface area contributed by atoms with Gasteiger partial charge < -0.3 is 5.11 Å². The van der Waals surface area contributed by atoms with Crippen LogP contribution < -0.4 is 0 Å². The van der Waals surface area contributed by atoms with Gasteiger partial charge in [0.25, 0.3) is 0 Å². The fourth-order valence-electron chi connectivity index (χ4n) is 6.52. The number of carboxylic acids is 1. The average Bonchev–Trinajstić information content (AvgIpc) is 2.83. The second kappa shape index (κ2) is 5.80. The molecule has 0 unspecified atom stereocenters. The molecule has 0 aromatic heterocycles. The van der Waals surface area contributed by atoms with E-state index in [-0.39, 0.29) is 23.0 Å². The lowest BCUT2D eigenvalue weighted by Gasteiger charge is -2.54. The van der Waals surface area contributed by atoms with Crippen molar-refractivity contribution in [3.05, 3.63) is 48.1 Å². The van der Waals surface area contributed by atoms with Crippen LogP contribution in [0.4, 0.5) is 0 Å². The molecule has 138 valence electrons. The first-order valence-electron chi connectivity index (χ1n) is 9.79. The molecule has 4 rings (SSSR count). The first-order valence-corrected chi connectivity index (χ1v) is 9.79. The van der Waals surface area contributed by atoms with Gasteiger partial charge in [-0.2, -0.15) is 0 Å². The van der Waals surface area contributed by atoms with Gasteiger partial charge in [-0.25, -0.2) is 0 Å². The Balaban J connectivity index is 1.67. The average molecular weight is 352 g/mol. The van der Waals surface area contributed by atoms with Gasteiger partial charge in [-0.3, -0.25) is 9.59 Å². The molecule has 0 amide bonds. The maximum absolute atomic E-state index is 11.8. The molecule has 0 bridgehead atoms. The highest BCUT2D eigenvalue weighted by atomic mass is 16.4. The van der Waals surface area contributed by atoms with Crippen molar-refractivity contribution in [2.75, 3.05) is 0 Å². The Morgan fingerprint density at radius 1 is 1.31 bits per heavy atom. The largest absolute Gasteiger partial charge is 0.481 e. The SMILES string of the molecule is C=C1C[C@H]2[C@@H]3C=CC4=CC(=O)C=C[C@]4(C)[C@H]3CC[C@]2(C)[C@H]1CCC(=O)O. The topological polar surface area (TPSA) is 54.4 Å². The number of carboxylic acid groups (broad SMARTS) is 1. The smallest absolute Gasteiger partial charge is 0.303 e. The second-order valence-electron chi connectivity index (χ2n) is 9.16. The van der Waals surface area contributed by atoms with Gasteiger partial charge in [-0.15, -0.1) is 0 Å². The van der Waals surface area contributed by atoms with E-state index in [2.05, 4.69) is 38.7 Å². The van der Waals surface area contributed by atoms with Crippen molar-refractivity contribution in [2.45, 2.75) is 46.0 Å². The highest BCUT2D eigenvalue weighted by Crippen LogP contribution is 2.66. The van der Waals surface area contributed by atoms with Crippen LogP contribution in [-0.4, -0.2) is 16.9 Å². The summed E-state index contributed by atoms with van der Waals surface area (Å²) in [4.78, 5) is 22.9. The van der Waals surface area contributed by atoms with Crippen LogP contribution in [0.1, 0.15) is 46.0 Å². The summed E-state index contributed by atoms with van der Waals surface area (Å²) in [5, 5.41) is 9.13. The number of hydrogen-bond donors (Lipinski definition) is 1. The Hall–Kier alpha value is -1.90. The number of carbonyl (C=O) groups is 2. The first-order chi connectivity index (χ1) is 12.3. The van der Waals surface area contributed by atoms with E-state index < -0.39 is 5.97 Å². The van der Waals surface area contributed by atoms with Gasteiger partial charge in [0.15, 0.2) is 5.78 Å². The monoisotopic (exact) mass is 352 g/mol. The number of rotatable bonds is 3. The summed E-state index contributed by atoms with van der Waals surface area (Å²) in [5.41, 5.74) is 2.47. The highest BCUT2D eigenvalue weighted by Gasteiger charge is 2.58. The van der Waals surface area contributed by atoms with E-state index in [9.17, 15) is 9.59 Å². The fraction of sp³-hybridized carbons (Fsp3) is 0.565. The Morgan fingerprint density at radius 3 is 2.81 bits per heavy atom. The first kappa shape index (κ1) is 17.5. The lowest BCUT2D eigenvalue weighted by Crippen LogP contribution is -2.48. The number of carbonyl (C=O) groups excluding carboxylic acids is 1. The van der Waals surface area contributed by atoms with Crippen molar-refractivity contribution in [2.24, 2.45) is 34.5 Å². The molecule has 26 heavy (non-hydrogen) atoms. The van der Waals surface area contributed by atoms with Gasteiger partial charge in [0.1, 0.15) is 0 Å². The molecule has 2 fully saturated rings. The van der Waals surface area contributed by atoms with Crippen LogP contribution in [-0.2, 0) is 9.59 Å². The van der Waals surface area contributed by atoms with Gasteiger partial charge in [-0.1, -0.05) is 44.2 Å². The molecule has 0 heterocycles. The van der Waals surface area contributed by atoms with Crippen LogP contribution in [0.2, 0.25) is 0 Å². The van der Waals surface area contributed by atoms with E-state index in [0.29, 0.717) is 30.1 Å². The molecule has 0 aliphatic heterocycles. The van der Waals surface area contributed by atoms with E-state index in [1.807, 2.05) is 0 Å². The number of fused-ring (bicyclic) bond motifs is 5. The molecule has 0 saturated heterocycles. The molecule has 0 radical (unpaired) electrons. The molecule has 2 saturated carbocycles. The normalized spacial score (nSPS) is 43.5. The third kappa shape index (κ3) is 2.39. The van der Waals surface area contributed by atoms with Gasteiger partial charge in [0, 0.05) is 11.8 Å². The molecule has 4 aliphatic rings. The number of hydrogen-bond acceptors (Lipinski definition) is 2. The predicted molar refractivity (Wildman–Crippen MR) is 101 cm³/mol. The van der Waals surface area contributed by atoms with Crippen molar-refractivity contribution in [1.82, 2.24) is 0 Å². The molecule has 6 atom stereocenters. The number of ketones is 1. The molecule has 3 nitrogen and oxygen atoms in total. The van der Waals surface area contributed by atoms with Crippen molar-refractivity contribution in [3.8, 4) is 0 Å². The van der Waals surface area contributed by atoms with E-state index >= 15 is 0 Å². The van der Waals surface area contributed by atoms with E-state index in [4.69, 9.17) is 5.11 Å². The maximum atomic E-state index is 11.8. The summed E-state index contributed by atoms with van der Waals surface area (Å²) in [5.74, 6) is 1.19. The summed E-state index contributed by atoms with van der Waals surface area (Å²) < 4.78 is 0. The molecule has 0 aromatic carbocycles. The third-order valence-corrected chi connectivity index (χ3v) is 7.97. The summed E-state index contributed by atoms with van der Waals surface area (Å²) in [6.45, 7) is 8.98. The minimum Gasteiger partial charge on any atom is -0.481 e. The van der Waals surface area contributed by atoms with E-state index in [0.717, 1.165) is 24.8 Å². The van der Waals surface area contributed by atoms with Crippen LogP contribution in [0, 0.1) is 34.5 Å². The number of allylic oxidation sites excluding steroid dienone is 7. The molecule has 0 spiro atoms. The maximum Gasteiger partial charge on any atom is 0.303 e. The molecule has 1 N–H and O–H groups in total. The van der Waals surface area contributed by atoms with Crippen molar-refractivity contribution in [3.63, 3.8) is 0 Å². The Bertz CT molecular complexity index is 770. The second-order valence-corrected chi connectivity index (χ2v) is 9.16. The molecular weight excluding hydrogens is 324 g/mol. The van der Waals surface area contributed by atoms with Crippen LogP contribution in [0.25, 0.3) is 0 Å². The van der Waals surface area contributed by atoms with Gasteiger partial charge in [-0.05, 0) is 72.5 Å². The minimum atomic E-state index is -0.713. The Morgan fingerprint density at radius 2 is 2.08 bits per heavy atom. The van der Waals surface area contributed by atoms with Crippen molar-refractivity contribution < 1.29 is 14.7 Å². The summed E-state index contributed by atoms with van der Waals surface area (Å²) in [6, 6.07) is 0. The predicted octanol–water partition coefficient (Wildman–Crippen LogP) is 4.72. The third-order valence-electron chi connectivity index (χ3n) is 7.97.